The molecule has 1 aromatic carbocycles. The van der Waals surface area contributed by atoms with Crippen LogP contribution in [-0.4, -0.2) is 29.2 Å². The summed E-state index contributed by atoms with van der Waals surface area (Å²) in [4.78, 5) is 21.7. The monoisotopic (exact) mass is 319 g/mol. The summed E-state index contributed by atoms with van der Waals surface area (Å²) in [6.07, 6.45) is -0.822. The van der Waals surface area contributed by atoms with Crippen molar-refractivity contribution in [2.75, 3.05) is 17.3 Å². The predicted octanol–water partition coefficient (Wildman–Crippen LogP) is 1.39. The van der Waals surface area contributed by atoms with Gasteiger partial charge in [0.25, 0.3) is 5.69 Å². The molecule has 1 rings (SSSR count). The summed E-state index contributed by atoms with van der Waals surface area (Å²) in [5, 5.41) is 32.6. The normalized spacial score (nSPS) is 10.3. The van der Waals surface area contributed by atoms with Gasteiger partial charge in [-0.3, -0.25) is 26.3 Å². The van der Waals surface area contributed by atoms with E-state index in [-0.39, 0.29) is 23.7 Å². The van der Waals surface area contributed by atoms with Crippen molar-refractivity contribution >= 4 is 34.7 Å². The largest absolute Gasteiger partial charge is 0.450 e. The van der Waals surface area contributed by atoms with Crippen molar-refractivity contribution in [2.24, 2.45) is 10.8 Å². The molecule has 11 heteroatoms. The average Bonchev–Trinajstić information content (AvgIpc) is 2.48. The Balaban J connectivity index is 3.04. The van der Waals surface area contributed by atoms with Crippen LogP contribution in [0, 0.1) is 26.9 Å². The highest BCUT2D eigenvalue weighted by atomic mass is 16.6. The number of hydrogen-bond donors (Lipinski definition) is 4. The molecule has 0 saturated heterocycles. The van der Waals surface area contributed by atoms with Gasteiger partial charge in [-0.25, -0.2) is 4.79 Å². The molecule has 0 aliphatic heterocycles. The second kappa shape index (κ2) is 7.93. The topological polar surface area (TPSA) is 180 Å². The lowest BCUT2D eigenvalue weighted by Crippen LogP contribution is -2.21. The van der Waals surface area contributed by atoms with Gasteiger partial charge >= 0.3 is 6.09 Å². The summed E-state index contributed by atoms with van der Waals surface area (Å²) >= 11 is 0. The van der Waals surface area contributed by atoms with Crippen molar-refractivity contribution in [1.29, 1.82) is 10.7 Å². The Labute approximate surface area is 130 Å². The number of rotatable bonds is 6. The molecule has 0 fully saturated rings. The Morgan fingerprint density at radius 2 is 2.30 bits per heavy atom. The number of nitrogens with zero attached hydrogens (tertiary/aromatic N) is 3. The number of anilines is 2. The van der Waals surface area contributed by atoms with Crippen molar-refractivity contribution in [3.8, 4) is 6.07 Å². The van der Waals surface area contributed by atoms with E-state index in [2.05, 4.69) is 20.6 Å². The Bertz CT molecular complexity index is 708. The lowest BCUT2D eigenvalue weighted by molar-refractivity contribution is -0.383. The number of nitrogens with two attached hydrogens (primary N) is 1. The van der Waals surface area contributed by atoms with E-state index in [0.717, 1.165) is 6.07 Å². The van der Waals surface area contributed by atoms with E-state index < -0.39 is 22.5 Å². The summed E-state index contributed by atoms with van der Waals surface area (Å²) in [7, 11) is 0. The van der Waals surface area contributed by atoms with E-state index in [4.69, 9.17) is 16.4 Å². The van der Waals surface area contributed by atoms with E-state index in [1.807, 2.05) is 0 Å². The molecular formula is C12H13N7O4. The lowest BCUT2D eigenvalue weighted by Gasteiger charge is -2.07. The van der Waals surface area contributed by atoms with Gasteiger partial charge in [0.15, 0.2) is 5.84 Å². The Morgan fingerprint density at radius 1 is 1.61 bits per heavy atom. The predicted molar refractivity (Wildman–Crippen MR) is 82.3 cm³/mol. The van der Waals surface area contributed by atoms with Crippen LogP contribution in [-0.2, 0) is 4.74 Å². The minimum Gasteiger partial charge on any atom is -0.450 e. The molecule has 0 aliphatic carbocycles. The van der Waals surface area contributed by atoms with Crippen LogP contribution >= 0.6 is 0 Å². The van der Waals surface area contributed by atoms with Crippen molar-refractivity contribution in [3.05, 3.63) is 28.3 Å². The third-order valence-corrected chi connectivity index (χ3v) is 2.36. The van der Waals surface area contributed by atoms with Crippen LogP contribution in [0.4, 0.5) is 21.9 Å². The van der Waals surface area contributed by atoms with E-state index in [1.54, 1.807) is 13.0 Å². The van der Waals surface area contributed by atoms with E-state index in [1.165, 1.54) is 12.1 Å². The second-order valence-corrected chi connectivity index (χ2v) is 3.93. The van der Waals surface area contributed by atoms with Gasteiger partial charge in [0.2, 0.25) is 5.71 Å². The number of hydrazone groups is 1. The van der Waals surface area contributed by atoms with Gasteiger partial charge in [-0.2, -0.15) is 10.4 Å². The first-order valence-electron chi connectivity index (χ1n) is 6.19. The van der Waals surface area contributed by atoms with Crippen LogP contribution in [0.2, 0.25) is 0 Å². The highest BCUT2D eigenvalue weighted by Gasteiger charge is 2.17. The SMILES string of the molecule is CCOC(=O)Nc1ccc(N/N=C(\C#N)C(=N)N)cc1[N+](=O)[O-]. The number of nitro benzene ring substituents is 1. The number of carbonyl (C=O) groups is 1. The molecule has 0 spiro atoms. The molecule has 0 saturated carbocycles. The molecule has 0 aliphatic rings. The average molecular weight is 319 g/mol. The molecule has 0 bridgehead atoms. The number of ether oxygens (including phenoxy) is 1. The molecule has 0 radical (unpaired) electrons. The zero-order valence-corrected chi connectivity index (χ0v) is 12.0. The van der Waals surface area contributed by atoms with Crippen LogP contribution < -0.4 is 16.5 Å². The minimum atomic E-state index is -0.822. The zero-order valence-electron chi connectivity index (χ0n) is 12.0. The summed E-state index contributed by atoms with van der Waals surface area (Å²) in [6.45, 7) is 1.72. The maximum absolute atomic E-state index is 11.3. The molecule has 0 aromatic heterocycles. The molecule has 1 aromatic rings. The first-order valence-corrected chi connectivity index (χ1v) is 6.19. The van der Waals surface area contributed by atoms with E-state index in [0.29, 0.717) is 0 Å². The third kappa shape index (κ3) is 4.97. The molecule has 0 heterocycles. The maximum Gasteiger partial charge on any atom is 0.411 e. The molecule has 23 heavy (non-hydrogen) atoms. The van der Waals surface area contributed by atoms with Crippen LogP contribution in [0.1, 0.15) is 6.92 Å². The number of amidine groups is 1. The third-order valence-electron chi connectivity index (χ3n) is 2.36. The molecule has 0 atom stereocenters. The fourth-order valence-corrected chi connectivity index (χ4v) is 1.40. The van der Waals surface area contributed by atoms with Crippen LogP contribution in [0.25, 0.3) is 0 Å². The second-order valence-electron chi connectivity index (χ2n) is 3.93. The molecule has 11 nitrogen and oxygen atoms in total. The Hall–Kier alpha value is -3.68. The first-order chi connectivity index (χ1) is 10.9. The summed E-state index contributed by atoms with van der Waals surface area (Å²) in [6, 6.07) is 5.34. The summed E-state index contributed by atoms with van der Waals surface area (Å²) < 4.78 is 4.65. The molecule has 5 N–H and O–H groups in total. The number of hydrogen-bond acceptors (Lipinski definition) is 8. The van der Waals surface area contributed by atoms with Crippen LogP contribution in [0.3, 0.4) is 0 Å². The number of nitro groups is 1. The number of carbonyl (C=O) groups excluding carboxylic acids is 1. The number of amides is 1. The lowest BCUT2D eigenvalue weighted by atomic mass is 10.2. The molecule has 120 valence electrons. The van der Waals surface area contributed by atoms with Crippen molar-refractivity contribution in [1.82, 2.24) is 0 Å². The van der Waals surface area contributed by atoms with E-state index in [9.17, 15) is 14.9 Å². The maximum atomic E-state index is 11.3. The van der Waals surface area contributed by atoms with E-state index >= 15 is 0 Å². The first kappa shape index (κ1) is 17.4. The zero-order chi connectivity index (χ0) is 17.4. The van der Waals surface area contributed by atoms with Crippen molar-refractivity contribution < 1.29 is 14.5 Å². The van der Waals surface area contributed by atoms with Gasteiger partial charge in [-0.05, 0) is 19.1 Å². The molecular weight excluding hydrogens is 306 g/mol. The number of benzene rings is 1. The van der Waals surface area contributed by atoms with Gasteiger partial charge in [0.05, 0.1) is 17.2 Å². The van der Waals surface area contributed by atoms with Crippen molar-refractivity contribution in [2.45, 2.75) is 6.92 Å². The quantitative estimate of drug-likeness (QED) is 0.264. The Kier molecular flexibility index (Phi) is 5.99. The molecule has 0 unspecified atom stereocenters. The standard InChI is InChI=1S/C12H13N7O4/c1-2-23-12(20)16-8-4-3-7(5-10(8)19(21)22)17-18-9(6-13)11(14)15/h3-5,17H,2H2,1H3,(H3,14,15)(H,16,20)/b18-9+. The van der Waals surface area contributed by atoms with Gasteiger partial charge in [0, 0.05) is 6.07 Å². The molecule has 1 amide bonds. The fourth-order valence-electron chi connectivity index (χ4n) is 1.40. The van der Waals surface area contributed by atoms with Gasteiger partial charge in [0.1, 0.15) is 11.8 Å². The van der Waals surface area contributed by atoms with Gasteiger partial charge < -0.3 is 10.5 Å². The smallest absolute Gasteiger partial charge is 0.411 e. The summed E-state index contributed by atoms with van der Waals surface area (Å²) in [5.74, 6) is -0.546. The van der Waals surface area contributed by atoms with Gasteiger partial charge in [-0.15, -0.1) is 0 Å². The van der Waals surface area contributed by atoms with Crippen LogP contribution in [0.15, 0.2) is 23.3 Å². The van der Waals surface area contributed by atoms with Gasteiger partial charge in [-0.1, -0.05) is 0 Å². The highest BCUT2D eigenvalue weighted by Crippen LogP contribution is 2.28. The van der Waals surface area contributed by atoms with Crippen LogP contribution in [0.5, 0.6) is 0 Å². The van der Waals surface area contributed by atoms with Crippen molar-refractivity contribution in [3.63, 3.8) is 0 Å². The Morgan fingerprint density at radius 3 is 2.83 bits per heavy atom. The minimum absolute atomic E-state index is 0.0601. The number of nitrogens with one attached hydrogen (secondary N) is 3. The highest BCUT2D eigenvalue weighted by molar-refractivity contribution is 6.45. The summed E-state index contributed by atoms with van der Waals surface area (Å²) in [5.41, 5.74) is 6.82. The number of nitriles is 1. The fraction of sp³-hybridized carbons (Fsp3) is 0.167.